The lowest BCUT2D eigenvalue weighted by molar-refractivity contribution is 0.0844. The van der Waals surface area contributed by atoms with E-state index in [0.717, 1.165) is 0 Å². The van der Waals surface area contributed by atoms with Gasteiger partial charge in [0.05, 0.1) is 12.7 Å². The molecule has 0 aromatic heterocycles. The summed E-state index contributed by atoms with van der Waals surface area (Å²) in [5.41, 5.74) is 0. The third kappa shape index (κ3) is 5.96. The second-order valence-electron chi connectivity index (χ2n) is 11.0. The lowest BCUT2D eigenvalue weighted by atomic mass is 10.2. The molecule has 1 N–H and O–H groups in total. The van der Waals surface area contributed by atoms with E-state index in [1.165, 1.54) is 10.4 Å². The number of hydrogen-bond acceptors (Lipinski definition) is 3. The summed E-state index contributed by atoms with van der Waals surface area (Å²) in [7, 11) is -4.50. The van der Waals surface area contributed by atoms with E-state index >= 15 is 0 Å². The molecule has 2 aromatic carbocycles. The zero-order valence-corrected chi connectivity index (χ0v) is 22.7. The summed E-state index contributed by atoms with van der Waals surface area (Å²) in [6, 6.07) is 21.2. The van der Waals surface area contributed by atoms with E-state index in [-0.39, 0.29) is 22.8 Å². The lowest BCUT2D eigenvalue weighted by Gasteiger charge is -2.45. The minimum absolute atomic E-state index is 0.00857. The Morgan fingerprint density at radius 1 is 0.774 bits per heavy atom. The summed E-state index contributed by atoms with van der Waals surface area (Å²) in [5.74, 6) is 0. The normalized spacial score (nSPS) is 14.5. The van der Waals surface area contributed by atoms with Crippen LogP contribution in [0.25, 0.3) is 0 Å². The average Bonchev–Trinajstić information content (AvgIpc) is 2.70. The molecule has 0 amide bonds. The van der Waals surface area contributed by atoms with Gasteiger partial charge in [0.25, 0.3) is 8.32 Å². The second kappa shape index (κ2) is 10.1. The van der Waals surface area contributed by atoms with Gasteiger partial charge in [-0.3, -0.25) is 0 Å². The van der Waals surface area contributed by atoms with Crippen LogP contribution in [-0.4, -0.2) is 41.1 Å². The minimum Gasteiger partial charge on any atom is -0.417 e. The Morgan fingerprint density at radius 2 is 1.23 bits per heavy atom. The maximum atomic E-state index is 10.3. The van der Waals surface area contributed by atoms with E-state index in [0.29, 0.717) is 13.0 Å². The first-order valence-corrected chi connectivity index (χ1v) is 16.2. The van der Waals surface area contributed by atoms with E-state index in [9.17, 15) is 5.11 Å². The van der Waals surface area contributed by atoms with Crippen LogP contribution in [0.4, 0.5) is 0 Å². The SMILES string of the molecule is CC(C)(C)[Si](C)(C)OCC[C@H](CO)O[Si](c1ccccc1)(c1ccccc1)C(C)(C)C. The van der Waals surface area contributed by atoms with Crippen molar-refractivity contribution >= 4 is 27.0 Å². The van der Waals surface area contributed by atoms with Gasteiger partial charge in [-0.2, -0.15) is 0 Å². The molecular formula is C26H42O3Si2. The molecule has 3 nitrogen and oxygen atoms in total. The zero-order valence-electron chi connectivity index (χ0n) is 20.7. The molecule has 0 saturated heterocycles. The zero-order chi connectivity index (χ0) is 23.3. The van der Waals surface area contributed by atoms with E-state index in [2.05, 4.69) is 103 Å². The van der Waals surface area contributed by atoms with E-state index in [1.807, 2.05) is 12.1 Å². The molecule has 0 aliphatic carbocycles. The molecule has 172 valence electrons. The van der Waals surface area contributed by atoms with Crippen molar-refractivity contribution in [2.45, 2.75) is 77.2 Å². The highest BCUT2D eigenvalue weighted by molar-refractivity contribution is 6.99. The molecule has 0 heterocycles. The van der Waals surface area contributed by atoms with Crippen LogP contribution >= 0.6 is 0 Å². The van der Waals surface area contributed by atoms with Crippen LogP contribution < -0.4 is 10.4 Å². The van der Waals surface area contributed by atoms with E-state index in [4.69, 9.17) is 8.85 Å². The fourth-order valence-corrected chi connectivity index (χ4v) is 9.56. The van der Waals surface area contributed by atoms with Crippen molar-refractivity contribution in [1.82, 2.24) is 0 Å². The van der Waals surface area contributed by atoms with Crippen molar-refractivity contribution in [2.24, 2.45) is 0 Å². The van der Waals surface area contributed by atoms with Crippen LogP contribution in [0, 0.1) is 0 Å². The van der Waals surface area contributed by atoms with Gasteiger partial charge in [0.2, 0.25) is 0 Å². The number of benzene rings is 2. The molecule has 1 atom stereocenters. The van der Waals surface area contributed by atoms with Gasteiger partial charge in [0, 0.05) is 6.61 Å². The maximum absolute atomic E-state index is 10.3. The van der Waals surface area contributed by atoms with Crippen molar-refractivity contribution in [3.05, 3.63) is 60.7 Å². The van der Waals surface area contributed by atoms with Crippen LogP contribution in [0.2, 0.25) is 23.2 Å². The van der Waals surface area contributed by atoms with Gasteiger partial charge in [-0.15, -0.1) is 0 Å². The summed E-state index contributed by atoms with van der Waals surface area (Å²) >= 11 is 0. The quantitative estimate of drug-likeness (QED) is 0.516. The number of aliphatic hydroxyl groups is 1. The Bertz CT molecular complexity index is 753. The van der Waals surface area contributed by atoms with Crippen LogP contribution in [-0.2, 0) is 8.85 Å². The molecule has 31 heavy (non-hydrogen) atoms. The van der Waals surface area contributed by atoms with Gasteiger partial charge in [-0.25, -0.2) is 0 Å². The molecule has 0 fully saturated rings. The number of aliphatic hydroxyl groups excluding tert-OH is 1. The summed E-state index contributed by atoms with van der Waals surface area (Å²) < 4.78 is 13.4. The summed E-state index contributed by atoms with van der Waals surface area (Å²) in [6.45, 7) is 18.7. The minimum atomic E-state index is -2.67. The topological polar surface area (TPSA) is 38.7 Å². The Balaban J connectivity index is 2.38. The standard InChI is InChI=1S/C26H42O3Si2/c1-25(2,3)30(7,8)28-20-19-22(21-27)29-31(26(4,5)6,23-15-11-9-12-16-23)24-17-13-10-14-18-24/h9-18,22,27H,19-21H2,1-8H3/t22-/m1/s1. The van der Waals surface area contributed by atoms with Gasteiger partial charge in [0.15, 0.2) is 8.32 Å². The van der Waals surface area contributed by atoms with Gasteiger partial charge in [-0.05, 0) is 40.0 Å². The molecule has 5 heteroatoms. The monoisotopic (exact) mass is 458 g/mol. The molecular weight excluding hydrogens is 416 g/mol. The first-order valence-electron chi connectivity index (χ1n) is 11.4. The van der Waals surface area contributed by atoms with Gasteiger partial charge in [-0.1, -0.05) is 102 Å². The molecule has 0 saturated carbocycles. The van der Waals surface area contributed by atoms with Crippen LogP contribution in [0.3, 0.4) is 0 Å². The molecule has 0 spiro atoms. The second-order valence-corrected chi connectivity index (χ2v) is 20.0. The summed E-state index contributed by atoms with van der Waals surface area (Å²) in [5, 5.41) is 12.8. The van der Waals surface area contributed by atoms with Crippen LogP contribution in [0.15, 0.2) is 60.7 Å². The molecule has 0 radical (unpaired) electrons. The van der Waals surface area contributed by atoms with E-state index < -0.39 is 16.6 Å². The highest BCUT2D eigenvalue weighted by atomic mass is 28.4. The van der Waals surface area contributed by atoms with Gasteiger partial charge >= 0.3 is 0 Å². The summed E-state index contributed by atoms with van der Waals surface area (Å²) in [6.07, 6.45) is 0.420. The molecule has 0 aliphatic rings. The highest BCUT2D eigenvalue weighted by Crippen LogP contribution is 2.39. The van der Waals surface area contributed by atoms with Gasteiger partial charge in [0.1, 0.15) is 0 Å². The fourth-order valence-electron chi connectivity index (χ4n) is 3.79. The van der Waals surface area contributed by atoms with Crippen molar-refractivity contribution in [3.8, 4) is 0 Å². The van der Waals surface area contributed by atoms with Crippen LogP contribution in [0.1, 0.15) is 48.0 Å². The van der Waals surface area contributed by atoms with Crippen LogP contribution in [0.5, 0.6) is 0 Å². The molecule has 2 aromatic rings. The summed E-state index contributed by atoms with van der Waals surface area (Å²) in [4.78, 5) is 0. The lowest BCUT2D eigenvalue weighted by Crippen LogP contribution is -2.68. The molecule has 2 rings (SSSR count). The predicted molar refractivity (Wildman–Crippen MR) is 137 cm³/mol. The Hall–Kier alpha value is -1.25. The average molecular weight is 459 g/mol. The fraction of sp³-hybridized carbons (Fsp3) is 0.538. The third-order valence-corrected chi connectivity index (χ3v) is 16.3. The molecule has 0 aliphatic heterocycles. The third-order valence-electron chi connectivity index (χ3n) is 6.67. The van der Waals surface area contributed by atoms with Crippen molar-refractivity contribution in [2.75, 3.05) is 13.2 Å². The smallest absolute Gasteiger partial charge is 0.261 e. The van der Waals surface area contributed by atoms with Gasteiger partial charge < -0.3 is 14.0 Å². The molecule has 0 bridgehead atoms. The van der Waals surface area contributed by atoms with Crippen molar-refractivity contribution < 1.29 is 14.0 Å². The highest BCUT2D eigenvalue weighted by Gasteiger charge is 2.51. The Kier molecular flexibility index (Phi) is 8.50. The number of hydrogen-bond donors (Lipinski definition) is 1. The Labute approximate surface area is 192 Å². The first kappa shape index (κ1) is 26.0. The first-order chi connectivity index (χ1) is 14.3. The van der Waals surface area contributed by atoms with Crippen molar-refractivity contribution in [1.29, 1.82) is 0 Å². The van der Waals surface area contributed by atoms with E-state index in [1.54, 1.807) is 0 Å². The molecule has 0 unspecified atom stereocenters. The maximum Gasteiger partial charge on any atom is 0.261 e. The Morgan fingerprint density at radius 3 is 1.58 bits per heavy atom. The van der Waals surface area contributed by atoms with Crippen molar-refractivity contribution in [3.63, 3.8) is 0 Å². The number of rotatable bonds is 9. The largest absolute Gasteiger partial charge is 0.417 e. The predicted octanol–water partition coefficient (Wildman–Crippen LogP) is 5.34.